The van der Waals surface area contributed by atoms with Crippen LogP contribution in [0.5, 0.6) is 0 Å². The Morgan fingerprint density at radius 2 is 0.824 bits per heavy atom. The second-order valence-electron chi connectivity index (χ2n) is 1.70. The average molecular weight is 300 g/mol. The fourth-order valence-corrected chi connectivity index (χ4v) is 0.0707. The van der Waals surface area contributed by atoms with Gasteiger partial charge in [0.2, 0.25) is 0 Å². The van der Waals surface area contributed by atoms with E-state index in [9.17, 15) is 0 Å². The third-order valence-corrected chi connectivity index (χ3v) is 0.316. The van der Waals surface area contributed by atoms with Gasteiger partial charge in [-0.3, -0.25) is 18.2 Å². The van der Waals surface area contributed by atoms with Crippen molar-refractivity contribution in [3.05, 3.63) is 13.2 Å². The van der Waals surface area contributed by atoms with Crippen molar-refractivity contribution in [2.45, 2.75) is 6.42 Å². The lowest BCUT2D eigenvalue weighted by molar-refractivity contribution is 0.221. The maximum atomic E-state index is 8.74. The second-order valence-corrected chi connectivity index (χ2v) is 3.49. The topological polar surface area (TPSA) is 190 Å². The molecule has 0 rings (SSSR count). The van der Waals surface area contributed by atoms with Crippen molar-refractivity contribution < 1.29 is 45.3 Å². The minimum Gasteiger partial charge on any atom is -0.396 e. The highest BCUT2D eigenvalue weighted by Gasteiger charge is 1.85. The van der Waals surface area contributed by atoms with Gasteiger partial charge < -0.3 is 10.2 Å². The van der Waals surface area contributed by atoms with Gasteiger partial charge in [0.05, 0.1) is 0 Å². The number of hydrogen-bond acceptors (Lipinski definition) is 6. The summed E-state index contributed by atoms with van der Waals surface area (Å²) in [6.07, 6.45) is 0.500. The molecule has 0 atom stereocenters. The van der Waals surface area contributed by atoms with E-state index >= 15 is 0 Å². The summed E-state index contributed by atoms with van der Waals surface area (Å²) in [5.74, 6) is 0. The van der Waals surface area contributed by atoms with E-state index in [0.29, 0.717) is 6.42 Å². The largest absolute Gasteiger partial charge is 0.396 e. The Hall–Kier alpha value is -0.600. The molecule has 0 aromatic carbocycles. The van der Waals surface area contributed by atoms with Crippen molar-refractivity contribution in [3.8, 4) is 0 Å². The summed E-state index contributed by atoms with van der Waals surface area (Å²) in [5.41, 5.74) is 0. The van der Waals surface area contributed by atoms with E-state index in [0.717, 1.165) is 0 Å². The van der Waals surface area contributed by atoms with Crippen LogP contribution in [0.3, 0.4) is 0 Å². The number of hydrogen-bond donors (Lipinski definition) is 6. The zero-order valence-corrected chi connectivity index (χ0v) is 10.3. The van der Waals surface area contributed by atoms with Gasteiger partial charge in [0, 0.05) is 13.2 Å². The van der Waals surface area contributed by atoms with Crippen LogP contribution in [0, 0.1) is 0 Å². The van der Waals surface area contributed by atoms with Gasteiger partial charge in [-0.1, -0.05) is 0 Å². The fourth-order valence-electron chi connectivity index (χ4n) is 0.0707. The summed E-state index contributed by atoms with van der Waals surface area (Å²) < 4.78 is 63.2. The lowest BCUT2D eigenvalue weighted by Crippen LogP contribution is -1.89. The maximum absolute atomic E-state index is 8.74. The smallest absolute Gasteiger partial charge is 0.394 e. The van der Waals surface area contributed by atoms with Crippen LogP contribution in [-0.4, -0.2) is 58.5 Å². The Morgan fingerprint density at radius 1 is 0.706 bits per heavy atom. The predicted octanol–water partition coefficient (Wildman–Crippen LogP) is -1.14. The van der Waals surface area contributed by atoms with Gasteiger partial charge in [-0.05, 0) is 6.42 Å². The van der Waals surface area contributed by atoms with E-state index in [1.165, 1.54) is 0 Å². The molecule has 0 bridgehead atoms. The molecule has 12 heteroatoms. The molecule has 0 unspecified atom stereocenters. The summed E-state index contributed by atoms with van der Waals surface area (Å²) in [7, 11) is -9.33. The SMILES string of the molecule is C=C.O=S(=O)(O)O.O=S(=O)(O)O.OCCCO. The first-order valence-corrected chi connectivity index (χ1v) is 6.32. The highest BCUT2D eigenvalue weighted by atomic mass is 32.3. The fraction of sp³-hybridized carbons (Fsp3) is 0.600. The molecule has 10 nitrogen and oxygen atoms in total. The molecule has 0 heterocycles. The van der Waals surface area contributed by atoms with Crippen LogP contribution in [0.2, 0.25) is 0 Å². The standard InChI is InChI=1S/C3H8O2.C2H4.2H2O4S/c4-2-1-3-5;1-2;2*1-5(2,3)4/h4-5H,1-3H2;1-2H2;2*(H2,1,2,3,4). The van der Waals surface area contributed by atoms with Gasteiger partial charge in [0.25, 0.3) is 0 Å². The molecule has 0 saturated carbocycles. The Balaban J connectivity index is -0.0000000693. The Morgan fingerprint density at radius 3 is 0.824 bits per heavy atom. The van der Waals surface area contributed by atoms with Crippen molar-refractivity contribution in [1.29, 1.82) is 0 Å². The van der Waals surface area contributed by atoms with Gasteiger partial charge >= 0.3 is 20.8 Å². The molecule has 0 aliphatic heterocycles. The molecular weight excluding hydrogens is 284 g/mol. The van der Waals surface area contributed by atoms with Crippen molar-refractivity contribution in [3.63, 3.8) is 0 Å². The van der Waals surface area contributed by atoms with E-state index in [1.54, 1.807) is 0 Å². The molecule has 0 amide bonds. The molecule has 0 fully saturated rings. The van der Waals surface area contributed by atoms with Crippen molar-refractivity contribution in [2.24, 2.45) is 0 Å². The Bertz CT molecular complexity index is 269. The average Bonchev–Trinajstić information content (AvgIpc) is 2.03. The van der Waals surface area contributed by atoms with Crippen LogP contribution in [0.15, 0.2) is 13.2 Å². The van der Waals surface area contributed by atoms with E-state index in [4.69, 9.17) is 45.3 Å². The predicted molar refractivity (Wildman–Crippen MR) is 58.4 cm³/mol. The van der Waals surface area contributed by atoms with Gasteiger partial charge in [0.15, 0.2) is 0 Å². The third-order valence-electron chi connectivity index (χ3n) is 0.316. The Kier molecular flexibility index (Phi) is 22.9. The molecule has 17 heavy (non-hydrogen) atoms. The molecule has 0 aromatic heterocycles. The van der Waals surface area contributed by atoms with Crippen molar-refractivity contribution in [1.82, 2.24) is 0 Å². The van der Waals surface area contributed by atoms with Crippen LogP contribution in [0.4, 0.5) is 0 Å². The summed E-state index contributed by atoms with van der Waals surface area (Å²) >= 11 is 0. The first kappa shape index (κ1) is 25.3. The molecule has 108 valence electrons. The number of rotatable bonds is 2. The molecule has 0 aliphatic rings. The van der Waals surface area contributed by atoms with Crippen LogP contribution in [0.1, 0.15) is 6.42 Å². The third kappa shape index (κ3) is 1410. The quantitative estimate of drug-likeness (QED) is 0.268. The minimum atomic E-state index is -4.67. The maximum Gasteiger partial charge on any atom is 0.394 e. The molecule has 0 saturated heterocycles. The van der Waals surface area contributed by atoms with E-state index in [2.05, 4.69) is 13.2 Å². The highest BCUT2D eigenvalue weighted by molar-refractivity contribution is 7.80. The zero-order chi connectivity index (χ0) is 15.1. The van der Waals surface area contributed by atoms with Crippen molar-refractivity contribution >= 4 is 20.8 Å². The van der Waals surface area contributed by atoms with Gasteiger partial charge in [-0.25, -0.2) is 0 Å². The molecule has 0 aromatic rings. The van der Waals surface area contributed by atoms with Crippen LogP contribution < -0.4 is 0 Å². The van der Waals surface area contributed by atoms with Gasteiger partial charge in [-0.2, -0.15) is 16.8 Å². The minimum absolute atomic E-state index is 0.0938. The molecular formula is C5H16O10S2. The summed E-state index contributed by atoms with van der Waals surface area (Å²) in [6.45, 7) is 6.19. The van der Waals surface area contributed by atoms with Crippen LogP contribution >= 0.6 is 0 Å². The van der Waals surface area contributed by atoms with E-state index < -0.39 is 20.8 Å². The summed E-state index contributed by atoms with van der Waals surface area (Å²) in [6, 6.07) is 0. The van der Waals surface area contributed by atoms with Crippen LogP contribution in [-0.2, 0) is 20.8 Å². The second kappa shape index (κ2) is 15.4. The summed E-state index contributed by atoms with van der Waals surface area (Å²) in [4.78, 5) is 0. The lowest BCUT2D eigenvalue weighted by Gasteiger charge is -1.79. The lowest BCUT2D eigenvalue weighted by atomic mass is 10.5. The Labute approximate surface area is 99.4 Å². The summed E-state index contributed by atoms with van der Waals surface area (Å²) in [5, 5.41) is 15.8. The van der Waals surface area contributed by atoms with E-state index in [-0.39, 0.29) is 13.2 Å². The normalized spacial score (nSPS) is 9.53. The van der Waals surface area contributed by atoms with Crippen LogP contribution in [0.25, 0.3) is 0 Å². The molecule has 0 radical (unpaired) electrons. The first-order chi connectivity index (χ1) is 7.41. The molecule has 0 aliphatic carbocycles. The van der Waals surface area contributed by atoms with E-state index in [1.807, 2.05) is 0 Å². The molecule has 6 N–H and O–H groups in total. The highest BCUT2D eigenvalue weighted by Crippen LogP contribution is 1.65. The van der Waals surface area contributed by atoms with Gasteiger partial charge in [0.1, 0.15) is 0 Å². The zero-order valence-electron chi connectivity index (χ0n) is 8.67. The first-order valence-electron chi connectivity index (χ1n) is 3.53. The van der Waals surface area contributed by atoms with Gasteiger partial charge in [-0.15, -0.1) is 13.2 Å². The monoisotopic (exact) mass is 300 g/mol. The number of aliphatic hydroxyl groups excluding tert-OH is 2. The van der Waals surface area contributed by atoms with Crippen molar-refractivity contribution in [2.75, 3.05) is 13.2 Å². The number of aliphatic hydroxyl groups is 2. The molecule has 0 spiro atoms.